The van der Waals surface area contributed by atoms with Crippen LogP contribution in [0.4, 0.5) is 8.78 Å². The minimum atomic E-state index is -1.49. The molecular formula is C59H70Cl2F2N6O14. The Hall–Kier alpha value is -8.01. The smallest absolute Gasteiger partial charge is 0.373 e. The number of halogens is 4. The average Bonchev–Trinajstić information content (AvgIpc) is 4.27. The number of benzene rings is 3. The second-order valence-electron chi connectivity index (χ2n) is 18.9. The van der Waals surface area contributed by atoms with Crippen LogP contribution in [-0.4, -0.2) is 96.4 Å². The summed E-state index contributed by atoms with van der Waals surface area (Å²) in [5.74, 6) is -4.13. The van der Waals surface area contributed by atoms with E-state index in [0.717, 1.165) is 43.4 Å². The third-order valence-electron chi connectivity index (χ3n) is 12.0. The quantitative estimate of drug-likeness (QED) is 0.113. The van der Waals surface area contributed by atoms with Gasteiger partial charge in [-0.1, -0.05) is 83.9 Å². The minimum absolute atomic E-state index is 0. The summed E-state index contributed by atoms with van der Waals surface area (Å²) >= 11 is 11.8. The van der Waals surface area contributed by atoms with Crippen LogP contribution in [0.15, 0.2) is 98.3 Å². The van der Waals surface area contributed by atoms with E-state index in [0.29, 0.717) is 40.5 Å². The Balaban J connectivity index is 0.000000375. The maximum Gasteiger partial charge on any atom is 0.373 e. The molecule has 2 unspecified atom stereocenters. The number of ether oxygens (including phenoxy) is 4. The lowest BCUT2D eigenvalue weighted by Gasteiger charge is -2.17. The number of carboxylic acids is 1. The van der Waals surface area contributed by atoms with Gasteiger partial charge in [0.1, 0.15) is 18.2 Å². The largest absolute Gasteiger partial charge is 0.478 e. The summed E-state index contributed by atoms with van der Waals surface area (Å²) in [7, 11) is 0. The number of aromatic amines is 2. The molecule has 0 aliphatic carbocycles. The van der Waals surface area contributed by atoms with Gasteiger partial charge >= 0.3 is 35.4 Å². The summed E-state index contributed by atoms with van der Waals surface area (Å²) in [6, 6.07) is 16.3. The Kier molecular flexibility index (Phi) is 29.0. The number of carbonyl (C=O) groups excluding carboxylic acids is 4. The molecule has 9 rings (SSSR count). The molecule has 6 heterocycles. The van der Waals surface area contributed by atoms with Crippen molar-refractivity contribution in [2.24, 2.45) is 0 Å². The lowest BCUT2D eigenvalue weighted by atomic mass is 10.0. The first-order valence-corrected chi connectivity index (χ1v) is 26.1. The number of fused-ring (bicyclic) bond motifs is 2. The molecule has 20 nitrogen and oxygen atoms in total. The summed E-state index contributed by atoms with van der Waals surface area (Å²) in [6.45, 7) is 18.3. The minimum Gasteiger partial charge on any atom is -0.478 e. The molecule has 24 heteroatoms. The van der Waals surface area contributed by atoms with Crippen molar-refractivity contribution in [1.82, 2.24) is 29.1 Å². The van der Waals surface area contributed by atoms with Crippen molar-refractivity contribution in [1.29, 1.82) is 0 Å². The Morgan fingerprint density at radius 2 is 1.12 bits per heavy atom. The highest BCUT2D eigenvalue weighted by Gasteiger charge is 2.24. The molecule has 83 heavy (non-hydrogen) atoms. The first kappa shape index (κ1) is 71.1. The van der Waals surface area contributed by atoms with Crippen LogP contribution in [0.2, 0.25) is 10.0 Å². The van der Waals surface area contributed by atoms with Gasteiger partial charge < -0.3 is 24.1 Å². The third-order valence-corrected chi connectivity index (χ3v) is 12.6. The van der Waals surface area contributed by atoms with Crippen LogP contribution in [0.25, 0.3) is 33.2 Å². The zero-order chi connectivity index (χ0) is 60.2. The number of aromatic nitrogens is 6. The molecule has 3 N–H and O–H groups in total. The number of H-pyrrole nitrogens is 2. The summed E-state index contributed by atoms with van der Waals surface area (Å²) in [5.41, 5.74) is 2.39. The molecule has 2 saturated heterocycles. The van der Waals surface area contributed by atoms with E-state index in [1.807, 2.05) is 41.5 Å². The Bertz CT molecular complexity index is 3420. The van der Waals surface area contributed by atoms with E-state index < -0.39 is 64.8 Å². The fourth-order valence-electron chi connectivity index (χ4n) is 8.12. The Morgan fingerprint density at radius 3 is 1.43 bits per heavy atom. The lowest BCUT2D eigenvalue weighted by Crippen LogP contribution is -2.32. The monoisotopic (exact) mass is 1190 g/mol. The standard InChI is InChI=1S/2C17H15ClFN3O2.C12H12O6.2C5H10O.CO2.2CH4/c2*1-8(2)14-15(9(3)4-5-20-14)22-13-7-11(18)12(19)6-10(13)16(23)21-17(22)24;1-8(13)18-10(11(14)15)7-17-12(16)9-5-3-2-4-6-9;2*1-5-3-2-4-6-5;2-1-3;;/h2*4-8H,1-3H3,(H,21,23,24);2-6,10H,7H2,1H3,(H,14,15);2*5H,2-4H2,1H3;;2*1H4/t;;10-;;;;;/m..0...../s1. The van der Waals surface area contributed by atoms with Gasteiger partial charge in [-0.3, -0.25) is 43.5 Å². The summed E-state index contributed by atoms with van der Waals surface area (Å²) in [6.07, 6.45) is 8.24. The van der Waals surface area contributed by atoms with Gasteiger partial charge in [-0.15, -0.1) is 0 Å². The molecule has 7 aromatic rings. The fraction of sp³-hybridized carbons (Fsp3) is 0.390. The van der Waals surface area contributed by atoms with E-state index in [9.17, 15) is 42.3 Å². The molecule has 3 atom stereocenters. The lowest BCUT2D eigenvalue weighted by molar-refractivity contribution is -0.191. The van der Waals surface area contributed by atoms with E-state index in [1.54, 1.807) is 42.7 Å². The zero-order valence-electron chi connectivity index (χ0n) is 45.9. The van der Waals surface area contributed by atoms with E-state index in [1.165, 1.54) is 59.1 Å². The molecule has 2 aliphatic heterocycles. The van der Waals surface area contributed by atoms with Crippen LogP contribution in [0, 0.1) is 25.5 Å². The average molecular weight is 1200 g/mol. The second-order valence-corrected chi connectivity index (χ2v) is 19.7. The van der Waals surface area contributed by atoms with Gasteiger partial charge in [-0.25, -0.2) is 28.0 Å². The summed E-state index contributed by atoms with van der Waals surface area (Å²) in [5, 5.41) is 8.52. The van der Waals surface area contributed by atoms with E-state index in [2.05, 4.69) is 38.5 Å². The van der Waals surface area contributed by atoms with Crippen LogP contribution in [0.5, 0.6) is 0 Å². The number of rotatable bonds is 9. The van der Waals surface area contributed by atoms with Gasteiger partial charge in [0.2, 0.25) is 6.10 Å². The molecule has 2 aliphatic rings. The van der Waals surface area contributed by atoms with Crippen LogP contribution < -0.4 is 22.5 Å². The normalized spacial score (nSPS) is 14.2. The van der Waals surface area contributed by atoms with Crippen LogP contribution in [0.3, 0.4) is 0 Å². The number of carbonyl (C=O) groups is 3. The van der Waals surface area contributed by atoms with Crippen molar-refractivity contribution < 1.29 is 56.8 Å². The number of hydrogen-bond acceptors (Lipinski definition) is 15. The highest BCUT2D eigenvalue weighted by atomic mass is 35.5. The number of carboxylic acid groups (broad SMARTS) is 1. The fourth-order valence-corrected chi connectivity index (χ4v) is 8.44. The molecule has 0 saturated carbocycles. The number of nitrogens with zero attached hydrogens (tertiary/aromatic N) is 4. The highest BCUT2D eigenvalue weighted by Crippen LogP contribution is 2.29. The van der Waals surface area contributed by atoms with Crippen molar-refractivity contribution in [2.45, 2.75) is 133 Å². The van der Waals surface area contributed by atoms with E-state index in [-0.39, 0.29) is 64.7 Å². The van der Waals surface area contributed by atoms with Gasteiger partial charge in [-0.2, -0.15) is 9.59 Å². The molecule has 0 bridgehead atoms. The van der Waals surface area contributed by atoms with E-state index in [4.69, 9.17) is 52.1 Å². The molecule has 4 aromatic heterocycles. The van der Waals surface area contributed by atoms with Crippen LogP contribution in [-0.2, 0) is 38.1 Å². The molecular weight excluding hydrogens is 1130 g/mol. The topological polar surface area (TPSA) is 278 Å². The van der Waals surface area contributed by atoms with Crippen molar-refractivity contribution in [3.05, 3.63) is 171 Å². The number of hydrogen-bond donors (Lipinski definition) is 3. The molecule has 0 amide bonds. The van der Waals surface area contributed by atoms with Gasteiger partial charge in [0.15, 0.2) is 0 Å². The van der Waals surface area contributed by atoms with Crippen molar-refractivity contribution in [3.8, 4) is 11.4 Å². The maximum atomic E-state index is 13.8. The number of aryl methyl sites for hydroxylation is 2. The Labute approximate surface area is 487 Å². The van der Waals surface area contributed by atoms with Crippen molar-refractivity contribution in [3.63, 3.8) is 0 Å². The number of esters is 2. The predicted molar refractivity (Wildman–Crippen MR) is 311 cm³/mol. The van der Waals surface area contributed by atoms with Gasteiger partial charge in [0.05, 0.1) is 72.4 Å². The van der Waals surface area contributed by atoms with Crippen LogP contribution in [0.1, 0.15) is 134 Å². The van der Waals surface area contributed by atoms with Gasteiger partial charge in [0, 0.05) is 32.5 Å². The van der Waals surface area contributed by atoms with Crippen LogP contribution >= 0.6 is 23.2 Å². The van der Waals surface area contributed by atoms with E-state index >= 15 is 0 Å². The van der Waals surface area contributed by atoms with Gasteiger partial charge in [-0.05, 0) is 125 Å². The first-order valence-electron chi connectivity index (χ1n) is 25.4. The SMILES string of the molecule is C.C.CC(=O)O[C@@H](COC(=O)c1ccccc1)C(=O)O.CC1CCCO1.CC1CCCO1.Cc1ccnc(C(C)C)c1-n1c(=O)[nH]c(=O)c2cc(F)c(Cl)cc21.Cc1ccnc(C(C)C)c1-n1c(=O)[nH]c(=O)c2cc(F)c(Cl)cc21.O=C=O. The number of aliphatic carboxylic acids is 1. The third kappa shape index (κ3) is 19.8. The first-order chi connectivity index (χ1) is 38.3. The summed E-state index contributed by atoms with van der Waals surface area (Å²) in [4.78, 5) is 111. The molecule has 0 radical (unpaired) electrons. The van der Waals surface area contributed by atoms with Crippen molar-refractivity contribution >= 4 is 69.1 Å². The molecule has 3 aromatic carbocycles. The zero-order valence-corrected chi connectivity index (χ0v) is 47.4. The maximum absolute atomic E-state index is 13.8. The van der Waals surface area contributed by atoms with Gasteiger partial charge in [0.25, 0.3) is 11.1 Å². The number of nitrogens with one attached hydrogen (secondary N) is 2. The molecule has 0 spiro atoms. The molecule has 448 valence electrons. The highest BCUT2D eigenvalue weighted by molar-refractivity contribution is 6.31. The predicted octanol–water partition coefficient (Wildman–Crippen LogP) is 10.5. The Morgan fingerprint density at radius 1 is 0.723 bits per heavy atom. The van der Waals surface area contributed by atoms with Crippen molar-refractivity contribution in [2.75, 3.05) is 19.8 Å². The number of pyridine rings is 2. The molecule has 2 fully saturated rings. The summed E-state index contributed by atoms with van der Waals surface area (Å²) < 4.78 is 49.7. The second kappa shape index (κ2) is 33.8.